The maximum absolute atomic E-state index is 14.0. The average Bonchev–Trinajstić information content (AvgIpc) is 3.40. The van der Waals surface area contributed by atoms with Crippen molar-refractivity contribution in [3.63, 3.8) is 0 Å². The van der Waals surface area contributed by atoms with E-state index in [1.165, 1.54) is 30.5 Å². The van der Waals surface area contributed by atoms with Gasteiger partial charge in [0.2, 0.25) is 0 Å². The van der Waals surface area contributed by atoms with E-state index in [-0.39, 0.29) is 21.8 Å². The number of hydrogen-bond acceptors (Lipinski definition) is 4. The van der Waals surface area contributed by atoms with Gasteiger partial charge >= 0.3 is 0 Å². The number of ketones is 1. The van der Waals surface area contributed by atoms with Crippen molar-refractivity contribution in [2.75, 3.05) is 23.3 Å². The second kappa shape index (κ2) is 8.05. The maximum Gasteiger partial charge on any atom is 0.272 e. The molecule has 6 nitrogen and oxygen atoms in total. The topological polar surface area (TPSA) is 78.1 Å². The van der Waals surface area contributed by atoms with Crippen LogP contribution in [0.25, 0.3) is 0 Å². The van der Waals surface area contributed by atoms with E-state index in [1.54, 1.807) is 12.3 Å². The zero-order valence-corrected chi connectivity index (χ0v) is 16.2. The molecule has 0 spiro atoms. The van der Waals surface area contributed by atoms with Gasteiger partial charge in [0.1, 0.15) is 17.3 Å². The highest BCUT2D eigenvalue weighted by Gasteiger charge is 2.20. The lowest BCUT2D eigenvalue weighted by atomic mass is 10.1. The Balaban J connectivity index is 1.50. The van der Waals surface area contributed by atoms with Crippen LogP contribution in [0.5, 0.6) is 0 Å². The standard InChI is InChI=1S/C21H18ClFN4O2/c22-15-4-3-5-16(23)19(15)20(28)13-10-17(25-12-13)21(29)26-14-6-7-24-18(11-14)27-8-1-2-9-27/h3-7,10-12,25H,1-2,8-9H2,(H,24,26,29). The lowest BCUT2D eigenvalue weighted by Crippen LogP contribution is -2.19. The molecule has 0 radical (unpaired) electrons. The third kappa shape index (κ3) is 4.00. The van der Waals surface area contributed by atoms with Crippen molar-refractivity contribution < 1.29 is 14.0 Å². The molecule has 3 heterocycles. The molecule has 1 amide bonds. The normalized spacial score (nSPS) is 13.5. The smallest absolute Gasteiger partial charge is 0.272 e. The third-order valence-electron chi connectivity index (χ3n) is 4.81. The largest absolute Gasteiger partial charge is 0.357 e. The molecule has 0 bridgehead atoms. The molecule has 148 valence electrons. The summed E-state index contributed by atoms with van der Waals surface area (Å²) in [5.41, 5.74) is 0.714. The van der Waals surface area contributed by atoms with Crippen molar-refractivity contribution in [1.82, 2.24) is 9.97 Å². The van der Waals surface area contributed by atoms with Crippen LogP contribution >= 0.6 is 11.6 Å². The molecule has 1 aliphatic heterocycles. The molecule has 29 heavy (non-hydrogen) atoms. The van der Waals surface area contributed by atoms with Crippen molar-refractivity contribution in [1.29, 1.82) is 0 Å². The molecule has 2 aromatic heterocycles. The molecule has 0 aliphatic carbocycles. The summed E-state index contributed by atoms with van der Waals surface area (Å²) < 4.78 is 14.0. The monoisotopic (exact) mass is 412 g/mol. The summed E-state index contributed by atoms with van der Waals surface area (Å²) in [5.74, 6) is -0.899. The highest BCUT2D eigenvalue weighted by molar-refractivity contribution is 6.35. The number of hydrogen-bond donors (Lipinski definition) is 2. The van der Waals surface area contributed by atoms with Crippen molar-refractivity contribution in [3.8, 4) is 0 Å². The lowest BCUT2D eigenvalue weighted by molar-refractivity contribution is 0.102. The number of aromatic amines is 1. The van der Waals surface area contributed by atoms with E-state index < -0.39 is 17.5 Å². The van der Waals surface area contributed by atoms with Gasteiger partial charge in [-0.15, -0.1) is 0 Å². The van der Waals surface area contributed by atoms with E-state index in [1.807, 2.05) is 6.07 Å². The first-order valence-corrected chi connectivity index (χ1v) is 9.60. The van der Waals surface area contributed by atoms with Gasteiger partial charge in [-0.3, -0.25) is 9.59 Å². The Morgan fingerprint density at radius 1 is 1.17 bits per heavy atom. The molecule has 1 aliphatic rings. The summed E-state index contributed by atoms with van der Waals surface area (Å²) in [6.45, 7) is 1.90. The molecular formula is C21H18ClFN4O2. The number of rotatable bonds is 5. The number of carbonyl (C=O) groups is 2. The van der Waals surface area contributed by atoms with Gasteiger partial charge in [0.05, 0.1) is 10.6 Å². The average molecular weight is 413 g/mol. The Morgan fingerprint density at radius 3 is 2.72 bits per heavy atom. The maximum atomic E-state index is 14.0. The van der Waals surface area contributed by atoms with Gasteiger partial charge in [0, 0.05) is 42.8 Å². The molecule has 1 fully saturated rings. The summed E-state index contributed by atoms with van der Waals surface area (Å²) in [5, 5.41) is 2.81. The number of benzene rings is 1. The highest BCUT2D eigenvalue weighted by atomic mass is 35.5. The van der Waals surface area contributed by atoms with E-state index in [4.69, 9.17) is 11.6 Å². The van der Waals surface area contributed by atoms with Gasteiger partial charge in [-0.25, -0.2) is 9.37 Å². The SMILES string of the molecule is O=C(Nc1ccnc(N2CCCC2)c1)c1cc(C(=O)c2c(F)cccc2Cl)c[nH]1. The summed E-state index contributed by atoms with van der Waals surface area (Å²) in [6.07, 6.45) is 5.27. The predicted molar refractivity (Wildman–Crippen MR) is 109 cm³/mol. The molecule has 1 saturated heterocycles. The van der Waals surface area contributed by atoms with E-state index in [0.29, 0.717) is 5.69 Å². The number of halogens is 2. The van der Waals surface area contributed by atoms with Crippen LogP contribution in [0.3, 0.4) is 0 Å². The second-order valence-electron chi connectivity index (χ2n) is 6.78. The zero-order valence-electron chi connectivity index (χ0n) is 15.4. The fourth-order valence-corrected chi connectivity index (χ4v) is 3.58. The van der Waals surface area contributed by atoms with Crippen molar-refractivity contribution in [2.45, 2.75) is 12.8 Å². The Bertz CT molecular complexity index is 1060. The summed E-state index contributed by atoms with van der Waals surface area (Å²) in [4.78, 5) is 34.4. The summed E-state index contributed by atoms with van der Waals surface area (Å²) in [6, 6.07) is 8.93. The fraction of sp³-hybridized carbons (Fsp3) is 0.190. The number of carbonyl (C=O) groups excluding carboxylic acids is 2. The Hall–Kier alpha value is -3.19. The predicted octanol–water partition coefficient (Wildman–Crippen LogP) is 4.29. The quantitative estimate of drug-likeness (QED) is 0.613. The van der Waals surface area contributed by atoms with E-state index in [0.717, 1.165) is 31.7 Å². The number of aromatic nitrogens is 2. The number of nitrogens with zero attached hydrogens (tertiary/aromatic N) is 2. The molecule has 2 N–H and O–H groups in total. The highest BCUT2D eigenvalue weighted by Crippen LogP contribution is 2.24. The van der Waals surface area contributed by atoms with E-state index in [2.05, 4.69) is 20.2 Å². The zero-order chi connectivity index (χ0) is 20.4. The van der Waals surface area contributed by atoms with E-state index in [9.17, 15) is 14.0 Å². The van der Waals surface area contributed by atoms with Gasteiger partial charge in [0.15, 0.2) is 5.78 Å². The first-order chi connectivity index (χ1) is 14.0. The van der Waals surface area contributed by atoms with Gasteiger partial charge < -0.3 is 15.2 Å². The molecule has 0 unspecified atom stereocenters. The third-order valence-corrected chi connectivity index (χ3v) is 5.13. The van der Waals surface area contributed by atoms with Gasteiger partial charge in [0.25, 0.3) is 5.91 Å². The molecule has 1 aromatic carbocycles. The van der Waals surface area contributed by atoms with Gasteiger partial charge in [-0.2, -0.15) is 0 Å². The first-order valence-electron chi connectivity index (χ1n) is 9.22. The van der Waals surface area contributed by atoms with Crippen molar-refractivity contribution in [3.05, 3.63) is 76.5 Å². The Kier molecular flexibility index (Phi) is 5.31. The Labute approximate surface area is 171 Å². The van der Waals surface area contributed by atoms with Crippen LogP contribution < -0.4 is 10.2 Å². The first kappa shape index (κ1) is 19.1. The van der Waals surface area contributed by atoms with Crippen LogP contribution in [-0.2, 0) is 0 Å². The van der Waals surface area contributed by atoms with Crippen LogP contribution in [0.1, 0.15) is 39.3 Å². The summed E-state index contributed by atoms with van der Waals surface area (Å²) in [7, 11) is 0. The number of H-pyrrole nitrogens is 1. The minimum absolute atomic E-state index is 0.0217. The molecular weight excluding hydrogens is 395 g/mol. The minimum Gasteiger partial charge on any atom is -0.357 e. The number of anilines is 2. The summed E-state index contributed by atoms with van der Waals surface area (Å²) >= 11 is 5.96. The van der Waals surface area contributed by atoms with Crippen molar-refractivity contribution >= 4 is 34.8 Å². The van der Waals surface area contributed by atoms with Crippen LogP contribution in [0.4, 0.5) is 15.9 Å². The van der Waals surface area contributed by atoms with Crippen molar-refractivity contribution in [2.24, 2.45) is 0 Å². The van der Waals surface area contributed by atoms with Gasteiger partial charge in [-0.05, 0) is 37.1 Å². The molecule has 3 aromatic rings. The second-order valence-corrected chi connectivity index (χ2v) is 7.19. The van der Waals surface area contributed by atoms with E-state index >= 15 is 0 Å². The molecule has 4 rings (SSSR count). The van der Waals surface area contributed by atoms with Gasteiger partial charge in [-0.1, -0.05) is 17.7 Å². The molecule has 0 atom stereocenters. The molecule has 8 heteroatoms. The van der Waals surface area contributed by atoms with Crippen LogP contribution in [-0.4, -0.2) is 34.7 Å². The van der Waals surface area contributed by atoms with Crippen LogP contribution in [0.2, 0.25) is 5.02 Å². The number of amides is 1. The Morgan fingerprint density at radius 2 is 1.97 bits per heavy atom. The fourth-order valence-electron chi connectivity index (χ4n) is 3.33. The molecule has 0 saturated carbocycles. The lowest BCUT2D eigenvalue weighted by Gasteiger charge is -2.16. The number of pyridine rings is 1. The van der Waals surface area contributed by atoms with Crippen LogP contribution in [0, 0.1) is 5.82 Å². The van der Waals surface area contributed by atoms with Crippen LogP contribution in [0.15, 0.2) is 48.8 Å². The number of nitrogens with one attached hydrogen (secondary N) is 2. The minimum atomic E-state index is -0.707.